The van der Waals surface area contributed by atoms with Gasteiger partial charge in [-0.2, -0.15) is 4.31 Å². The molecule has 1 aromatic heterocycles. The molecule has 0 atom stereocenters. The van der Waals surface area contributed by atoms with Gasteiger partial charge in [0, 0.05) is 25.5 Å². The van der Waals surface area contributed by atoms with Crippen molar-refractivity contribution in [3.05, 3.63) is 89.7 Å². The molecule has 7 nitrogen and oxygen atoms in total. The van der Waals surface area contributed by atoms with Gasteiger partial charge in [-0.15, -0.1) is 0 Å². The number of aromatic nitrogens is 1. The molecule has 0 aliphatic heterocycles. The molecule has 3 rings (SSSR count). The number of nitrogens with zero attached hydrogens (tertiary/aromatic N) is 2. The van der Waals surface area contributed by atoms with Crippen molar-refractivity contribution in [1.82, 2.24) is 9.29 Å². The van der Waals surface area contributed by atoms with E-state index >= 15 is 0 Å². The number of hydrogen-bond donors (Lipinski definition) is 1. The summed E-state index contributed by atoms with van der Waals surface area (Å²) in [5.74, 6) is -0.661. The second kappa shape index (κ2) is 10.1. The van der Waals surface area contributed by atoms with Crippen LogP contribution in [0.4, 0.5) is 0 Å². The van der Waals surface area contributed by atoms with Crippen molar-refractivity contribution in [2.75, 3.05) is 6.61 Å². The zero-order valence-electron chi connectivity index (χ0n) is 18.9. The smallest absolute Gasteiger partial charge is 0.341 e. The van der Waals surface area contributed by atoms with Gasteiger partial charge in [-0.05, 0) is 46.4 Å². The zero-order valence-corrected chi connectivity index (χ0v) is 19.7. The van der Waals surface area contributed by atoms with E-state index < -0.39 is 22.6 Å². The first-order valence-electron chi connectivity index (χ1n) is 10.5. The zero-order chi connectivity index (χ0) is 24.1. The third kappa shape index (κ3) is 6.63. The quantitative estimate of drug-likeness (QED) is 0.505. The molecule has 0 unspecified atom stereocenters. The van der Waals surface area contributed by atoms with E-state index in [1.165, 1.54) is 28.3 Å². The number of hydrogen-bond acceptors (Lipinski definition) is 5. The van der Waals surface area contributed by atoms with Crippen LogP contribution in [0, 0.1) is 0 Å². The molecule has 1 heterocycles. The van der Waals surface area contributed by atoms with Gasteiger partial charge >= 0.3 is 5.97 Å². The Hall–Kier alpha value is -3.23. The Morgan fingerprint density at radius 1 is 0.970 bits per heavy atom. The largest absolute Gasteiger partial charge is 0.482 e. The molecule has 1 N–H and O–H groups in total. The molecule has 0 radical (unpaired) electrons. The van der Waals surface area contributed by atoms with E-state index in [9.17, 15) is 13.2 Å². The lowest BCUT2D eigenvalue weighted by Crippen LogP contribution is -2.30. The van der Waals surface area contributed by atoms with Crippen molar-refractivity contribution in [2.24, 2.45) is 0 Å². The van der Waals surface area contributed by atoms with E-state index in [1.54, 1.807) is 30.3 Å². The third-order valence-corrected chi connectivity index (χ3v) is 6.87. The monoisotopic (exact) mass is 468 g/mol. The number of carboxylic acid groups (broad SMARTS) is 1. The van der Waals surface area contributed by atoms with Gasteiger partial charge in [-0.3, -0.25) is 4.98 Å². The fourth-order valence-corrected chi connectivity index (χ4v) is 4.61. The first kappa shape index (κ1) is 24.4. The molecule has 33 heavy (non-hydrogen) atoms. The van der Waals surface area contributed by atoms with Crippen molar-refractivity contribution < 1.29 is 23.1 Å². The number of sulfonamides is 1. The molecule has 8 heteroatoms. The second-order valence-electron chi connectivity index (χ2n) is 8.74. The molecule has 0 aliphatic rings. The molecule has 0 fully saturated rings. The summed E-state index contributed by atoms with van der Waals surface area (Å²) in [6.07, 6.45) is 2.87. The Kier molecular flexibility index (Phi) is 7.50. The van der Waals surface area contributed by atoms with Crippen LogP contribution in [0.5, 0.6) is 5.75 Å². The van der Waals surface area contributed by atoms with Crippen LogP contribution < -0.4 is 4.74 Å². The van der Waals surface area contributed by atoms with Crippen LogP contribution in [-0.4, -0.2) is 35.4 Å². The molecule has 0 aliphatic carbocycles. The maximum Gasteiger partial charge on any atom is 0.341 e. The molecule has 0 spiro atoms. The predicted octanol–water partition coefficient (Wildman–Crippen LogP) is 4.23. The standard InChI is InChI=1S/C25H28N2O5S/c1-25(2,3)21-10-6-19(7-11-21)16-27(33(30,31)23-5-4-14-26-15-23)17-20-8-12-22(13-9-20)32-18-24(28)29/h4-15H,16-18H2,1-3H3,(H,28,29). The summed E-state index contributed by atoms with van der Waals surface area (Å²) in [7, 11) is -3.81. The van der Waals surface area contributed by atoms with Crippen LogP contribution in [0.15, 0.2) is 78.0 Å². The molecule has 0 amide bonds. The summed E-state index contributed by atoms with van der Waals surface area (Å²) in [6.45, 7) is 6.28. The van der Waals surface area contributed by atoms with Crippen LogP contribution in [-0.2, 0) is 33.3 Å². The lowest BCUT2D eigenvalue weighted by Gasteiger charge is -2.24. The average Bonchev–Trinajstić information content (AvgIpc) is 2.78. The Morgan fingerprint density at radius 2 is 1.55 bits per heavy atom. The minimum absolute atomic E-state index is 0.00442. The molecule has 0 saturated heterocycles. The summed E-state index contributed by atoms with van der Waals surface area (Å²) in [5, 5.41) is 8.74. The lowest BCUT2D eigenvalue weighted by molar-refractivity contribution is -0.139. The second-order valence-corrected chi connectivity index (χ2v) is 10.7. The Labute approximate surface area is 194 Å². The van der Waals surface area contributed by atoms with Crippen molar-refractivity contribution in [1.29, 1.82) is 0 Å². The van der Waals surface area contributed by atoms with Crippen LogP contribution in [0.25, 0.3) is 0 Å². The normalized spacial score (nSPS) is 12.0. The SMILES string of the molecule is CC(C)(C)c1ccc(CN(Cc2ccc(OCC(=O)O)cc2)S(=O)(=O)c2cccnc2)cc1. The summed E-state index contributed by atoms with van der Waals surface area (Å²) < 4.78 is 33.4. The Morgan fingerprint density at radius 3 is 2.03 bits per heavy atom. The van der Waals surface area contributed by atoms with Gasteiger partial charge < -0.3 is 9.84 Å². The topological polar surface area (TPSA) is 96.8 Å². The minimum Gasteiger partial charge on any atom is -0.482 e. The van der Waals surface area contributed by atoms with E-state index in [-0.39, 0.29) is 23.4 Å². The van der Waals surface area contributed by atoms with Crippen molar-refractivity contribution in [2.45, 2.75) is 44.2 Å². The first-order chi connectivity index (χ1) is 15.6. The Bertz CT molecular complexity index is 1170. The van der Waals surface area contributed by atoms with Crippen LogP contribution in [0.3, 0.4) is 0 Å². The molecular formula is C25H28N2O5S. The maximum atomic E-state index is 13.4. The molecule has 2 aromatic carbocycles. The van der Waals surface area contributed by atoms with Gasteiger partial charge in [-0.1, -0.05) is 57.2 Å². The van der Waals surface area contributed by atoms with E-state index in [1.807, 2.05) is 24.3 Å². The number of carboxylic acids is 1. The van der Waals surface area contributed by atoms with Crippen LogP contribution in [0.2, 0.25) is 0 Å². The number of pyridine rings is 1. The number of carbonyl (C=O) groups is 1. The summed E-state index contributed by atoms with van der Waals surface area (Å²) >= 11 is 0. The van der Waals surface area contributed by atoms with E-state index in [2.05, 4.69) is 25.8 Å². The highest BCUT2D eigenvalue weighted by atomic mass is 32.2. The Balaban J connectivity index is 1.87. The molecule has 0 bridgehead atoms. The molecular weight excluding hydrogens is 440 g/mol. The van der Waals surface area contributed by atoms with Crippen molar-refractivity contribution in [3.63, 3.8) is 0 Å². The molecule has 0 saturated carbocycles. The van der Waals surface area contributed by atoms with Crippen molar-refractivity contribution >= 4 is 16.0 Å². The molecule has 3 aromatic rings. The average molecular weight is 469 g/mol. The van der Waals surface area contributed by atoms with E-state index in [0.717, 1.165) is 11.1 Å². The van der Waals surface area contributed by atoms with E-state index in [0.29, 0.717) is 5.75 Å². The van der Waals surface area contributed by atoms with Gasteiger partial charge in [-0.25, -0.2) is 13.2 Å². The van der Waals surface area contributed by atoms with Gasteiger partial charge in [0.15, 0.2) is 6.61 Å². The minimum atomic E-state index is -3.81. The fourth-order valence-electron chi connectivity index (χ4n) is 3.23. The highest BCUT2D eigenvalue weighted by Gasteiger charge is 2.25. The van der Waals surface area contributed by atoms with Gasteiger partial charge in [0.2, 0.25) is 10.0 Å². The number of aliphatic carboxylic acids is 1. The highest BCUT2D eigenvalue weighted by Crippen LogP contribution is 2.25. The lowest BCUT2D eigenvalue weighted by atomic mass is 9.87. The predicted molar refractivity (Wildman–Crippen MR) is 125 cm³/mol. The van der Waals surface area contributed by atoms with E-state index in [4.69, 9.17) is 9.84 Å². The third-order valence-electron chi connectivity index (χ3n) is 5.10. The van der Waals surface area contributed by atoms with Gasteiger partial charge in [0.25, 0.3) is 0 Å². The molecule has 174 valence electrons. The maximum absolute atomic E-state index is 13.4. The summed E-state index contributed by atoms with van der Waals surface area (Å²) in [6, 6.07) is 17.8. The summed E-state index contributed by atoms with van der Waals surface area (Å²) in [5.41, 5.74) is 2.79. The highest BCUT2D eigenvalue weighted by molar-refractivity contribution is 7.89. The number of benzene rings is 2. The first-order valence-corrected chi connectivity index (χ1v) is 11.9. The summed E-state index contributed by atoms with van der Waals surface area (Å²) in [4.78, 5) is 14.8. The fraction of sp³-hybridized carbons (Fsp3) is 0.280. The van der Waals surface area contributed by atoms with Crippen molar-refractivity contribution in [3.8, 4) is 5.75 Å². The van der Waals surface area contributed by atoms with Gasteiger partial charge in [0.1, 0.15) is 10.6 Å². The number of ether oxygens (including phenoxy) is 1. The number of rotatable bonds is 9. The van der Waals surface area contributed by atoms with Crippen LogP contribution >= 0.6 is 0 Å². The van der Waals surface area contributed by atoms with Gasteiger partial charge in [0.05, 0.1) is 0 Å². The van der Waals surface area contributed by atoms with Crippen LogP contribution in [0.1, 0.15) is 37.5 Å².